The summed E-state index contributed by atoms with van der Waals surface area (Å²) in [5.41, 5.74) is 4.49. The summed E-state index contributed by atoms with van der Waals surface area (Å²) in [7, 11) is 0. The van der Waals surface area contributed by atoms with Gasteiger partial charge in [-0.2, -0.15) is 0 Å². The van der Waals surface area contributed by atoms with Crippen LogP contribution in [-0.4, -0.2) is 40.1 Å². The van der Waals surface area contributed by atoms with Crippen molar-refractivity contribution in [2.75, 3.05) is 13.1 Å². The van der Waals surface area contributed by atoms with E-state index in [0.717, 1.165) is 33.3 Å². The fourth-order valence-electron chi connectivity index (χ4n) is 2.65. The Kier molecular flexibility index (Phi) is 2.98. The molecule has 1 amide bonds. The molecule has 4 nitrogen and oxygen atoms in total. The lowest BCUT2D eigenvalue weighted by Gasteiger charge is -2.36. The minimum absolute atomic E-state index is 0.00565. The number of carbonyl (C=O) groups is 1. The number of aryl methyl sites for hydroxylation is 2. The third kappa shape index (κ3) is 1.96. The number of aliphatic hydroxyl groups is 1. The predicted molar refractivity (Wildman–Crippen MR) is 77.9 cm³/mol. The van der Waals surface area contributed by atoms with Crippen LogP contribution < -0.4 is 0 Å². The van der Waals surface area contributed by atoms with Crippen molar-refractivity contribution in [3.63, 3.8) is 0 Å². The van der Waals surface area contributed by atoms with Crippen LogP contribution >= 0.6 is 0 Å². The van der Waals surface area contributed by atoms with E-state index in [9.17, 15) is 9.90 Å². The van der Waals surface area contributed by atoms with Crippen molar-refractivity contribution in [2.45, 2.75) is 26.9 Å². The summed E-state index contributed by atoms with van der Waals surface area (Å²) in [5, 5.41) is 10.3. The SMILES string of the molecule is Cc1ccc2nc(C)c(C)c(C(=O)N3CC(O)C3)c2c1. The number of hydrogen-bond acceptors (Lipinski definition) is 3. The number of aliphatic hydroxyl groups excluding tert-OH is 1. The second kappa shape index (κ2) is 4.56. The highest BCUT2D eigenvalue weighted by Gasteiger charge is 2.31. The molecular formula is C16H18N2O2. The molecule has 4 heteroatoms. The van der Waals surface area contributed by atoms with E-state index in [1.54, 1.807) is 4.90 Å². The number of amides is 1. The van der Waals surface area contributed by atoms with Gasteiger partial charge in [0.05, 0.1) is 17.2 Å². The number of fused-ring (bicyclic) bond motifs is 1. The molecule has 2 heterocycles. The molecule has 1 aromatic heterocycles. The zero-order chi connectivity index (χ0) is 14.4. The van der Waals surface area contributed by atoms with E-state index in [0.29, 0.717) is 13.1 Å². The molecule has 1 saturated heterocycles. The van der Waals surface area contributed by atoms with Gasteiger partial charge < -0.3 is 10.0 Å². The van der Waals surface area contributed by atoms with Gasteiger partial charge in [0.2, 0.25) is 0 Å². The first-order chi connectivity index (χ1) is 9.47. The minimum Gasteiger partial charge on any atom is -0.389 e. The zero-order valence-electron chi connectivity index (χ0n) is 12.0. The van der Waals surface area contributed by atoms with Gasteiger partial charge in [-0.15, -0.1) is 0 Å². The number of carbonyl (C=O) groups excluding carboxylic acids is 1. The maximum absolute atomic E-state index is 12.7. The predicted octanol–water partition coefficient (Wildman–Crippen LogP) is 1.98. The molecule has 1 aliphatic rings. The highest BCUT2D eigenvalue weighted by Crippen LogP contribution is 2.26. The summed E-state index contributed by atoms with van der Waals surface area (Å²) in [4.78, 5) is 18.9. The van der Waals surface area contributed by atoms with Gasteiger partial charge in [0, 0.05) is 24.2 Å². The van der Waals surface area contributed by atoms with Crippen molar-refractivity contribution in [1.82, 2.24) is 9.88 Å². The molecule has 0 radical (unpaired) electrons. The third-order valence-corrected chi connectivity index (χ3v) is 3.99. The van der Waals surface area contributed by atoms with Crippen molar-refractivity contribution in [2.24, 2.45) is 0 Å². The molecule has 3 rings (SSSR count). The van der Waals surface area contributed by atoms with Crippen LogP contribution in [0.5, 0.6) is 0 Å². The summed E-state index contributed by atoms with van der Waals surface area (Å²) in [6.45, 7) is 6.72. The van der Waals surface area contributed by atoms with Crippen LogP contribution in [0, 0.1) is 20.8 Å². The average Bonchev–Trinajstić information content (AvgIpc) is 2.37. The molecule has 0 aliphatic carbocycles. The fourth-order valence-corrected chi connectivity index (χ4v) is 2.65. The van der Waals surface area contributed by atoms with Crippen LogP contribution in [0.25, 0.3) is 10.9 Å². The highest BCUT2D eigenvalue weighted by atomic mass is 16.3. The van der Waals surface area contributed by atoms with E-state index < -0.39 is 0 Å². The van der Waals surface area contributed by atoms with Crippen LogP contribution in [0.15, 0.2) is 18.2 Å². The van der Waals surface area contributed by atoms with E-state index in [1.807, 2.05) is 39.0 Å². The van der Waals surface area contributed by atoms with Gasteiger partial charge in [0.25, 0.3) is 5.91 Å². The second-order valence-corrected chi connectivity index (χ2v) is 5.58. The normalized spacial score (nSPS) is 15.5. The molecule has 2 aromatic rings. The Balaban J connectivity index is 2.19. The maximum Gasteiger partial charge on any atom is 0.255 e. The first-order valence-electron chi connectivity index (χ1n) is 6.82. The molecule has 0 bridgehead atoms. The Morgan fingerprint density at radius 2 is 2.00 bits per heavy atom. The van der Waals surface area contributed by atoms with E-state index in [4.69, 9.17) is 0 Å². The zero-order valence-corrected chi connectivity index (χ0v) is 12.0. The van der Waals surface area contributed by atoms with Crippen LogP contribution in [0.3, 0.4) is 0 Å². The number of likely N-dealkylation sites (tertiary alicyclic amines) is 1. The lowest BCUT2D eigenvalue weighted by molar-refractivity contribution is 0.00597. The van der Waals surface area contributed by atoms with Crippen LogP contribution in [-0.2, 0) is 0 Å². The van der Waals surface area contributed by atoms with Gasteiger partial charge >= 0.3 is 0 Å². The molecule has 1 aliphatic heterocycles. The van der Waals surface area contributed by atoms with Crippen LogP contribution in [0.1, 0.15) is 27.2 Å². The number of rotatable bonds is 1. The topological polar surface area (TPSA) is 53.4 Å². The first kappa shape index (κ1) is 13.1. The smallest absolute Gasteiger partial charge is 0.255 e. The molecule has 0 saturated carbocycles. The monoisotopic (exact) mass is 270 g/mol. The van der Waals surface area contributed by atoms with Crippen molar-refractivity contribution in [3.8, 4) is 0 Å². The Morgan fingerprint density at radius 1 is 1.30 bits per heavy atom. The van der Waals surface area contributed by atoms with E-state index in [2.05, 4.69) is 4.98 Å². The highest BCUT2D eigenvalue weighted by molar-refractivity contribution is 6.08. The van der Waals surface area contributed by atoms with E-state index in [-0.39, 0.29) is 12.0 Å². The summed E-state index contributed by atoms with van der Waals surface area (Å²) in [5.74, 6) is -0.00565. The molecule has 0 atom stereocenters. The number of aromatic nitrogens is 1. The standard InChI is InChI=1S/C16H18N2O2/c1-9-4-5-14-13(6-9)15(10(2)11(3)17-14)16(20)18-7-12(19)8-18/h4-6,12,19H,7-8H2,1-3H3. The molecule has 0 unspecified atom stereocenters. The van der Waals surface area contributed by atoms with Crippen molar-refractivity contribution in [1.29, 1.82) is 0 Å². The van der Waals surface area contributed by atoms with Gasteiger partial charge in [-0.3, -0.25) is 9.78 Å². The molecule has 0 spiro atoms. The summed E-state index contributed by atoms with van der Waals surface area (Å²) in [6.07, 6.45) is -0.379. The first-order valence-corrected chi connectivity index (χ1v) is 6.82. The molecular weight excluding hydrogens is 252 g/mol. The van der Waals surface area contributed by atoms with Crippen molar-refractivity contribution >= 4 is 16.8 Å². The summed E-state index contributed by atoms with van der Waals surface area (Å²) in [6, 6.07) is 5.98. The average molecular weight is 270 g/mol. The maximum atomic E-state index is 12.7. The Morgan fingerprint density at radius 3 is 2.65 bits per heavy atom. The number of hydrogen-bond donors (Lipinski definition) is 1. The molecule has 1 fully saturated rings. The van der Waals surface area contributed by atoms with Gasteiger partial charge in [-0.1, -0.05) is 11.6 Å². The van der Waals surface area contributed by atoms with Gasteiger partial charge in [0.15, 0.2) is 0 Å². The summed E-state index contributed by atoms with van der Waals surface area (Å²) >= 11 is 0. The van der Waals surface area contributed by atoms with Crippen molar-refractivity contribution < 1.29 is 9.90 Å². The fraction of sp³-hybridized carbons (Fsp3) is 0.375. The van der Waals surface area contributed by atoms with Gasteiger partial charge in [-0.05, 0) is 38.5 Å². The number of nitrogens with zero attached hydrogens (tertiary/aromatic N) is 2. The van der Waals surface area contributed by atoms with Crippen molar-refractivity contribution in [3.05, 3.63) is 40.6 Å². The molecule has 1 aromatic carbocycles. The van der Waals surface area contributed by atoms with Gasteiger partial charge in [0.1, 0.15) is 0 Å². The van der Waals surface area contributed by atoms with Crippen LogP contribution in [0.4, 0.5) is 0 Å². The summed E-state index contributed by atoms with van der Waals surface area (Å²) < 4.78 is 0. The third-order valence-electron chi connectivity index (χ3n) is 3.99. The lowest BCUT2D eigenvalue weighted by Crippen LogP contribution is -2.53. The quantitative estimate of drug-likeness (QED) is 0.862. The molecule has 1 N–H and O–H groups in total. The van der Waals surface area contributed by atoms with Crippen LogP contribution in [0.2, 0.25) is 0 Å². The van der Waals surface area contributed by atoms with Gasteiger partial charge in [-0.25, -0.2) is 0 Å². The Hall–Kier alpha value is -1.94. The molecule has 104 valence electrons. The largest absolute Gasteiger partial charge is 0.389 e. The minimum atomic E-state index is -0.379. The number of benzene rings is 1. The second-order valence-electron chi connectivity index (χ2n) is 5.58. The van der Waals surface area contributed by atoms with E-state index >= 15 is 0 Å². The number of pyridine rings is 1. The Bertz CT molecular complexity index is 703. The van der Waals surface area contributed by atoms with E-state index in [1.165, 1.54) is 0 Å². The molecule has 20 heavy (non-hydrogen) atoms. The Labute approximate surface area is 118 Å². The number of β-amino-alcohol motifs (C(OH)–C–C–N with tert-alkyl or cyclic N) is 1. The lowest BCUT2D eigenvalue weighted by atomic mass is 9.97.